The van der Waals surface area contributed by atoms with Gasteiger partial charge in [0, 0.05) is 31.7 Å². The maximum absolute atomic E-state index is 14.3. The number of piperazine rings is 1. The number of anilines is 1. The van der Waals surface area contributed by atoms with Crippen LogP contribution in [-0.2, 0) is 6.61 Å². The second-order valence-electron chi connectivity index (χ2n) is 7.95. The van der Waals surface area contributed by atoms with Crippen LogP contribution in [0.2, 0.25) is 5.02 Å². The fourth-order valence-electron chi connectivity index (χ4n) is 3.70. The summed E-state index contributed by atoms with van der Waals surface area (Å²) in [5, 5.41) is 1.51. The maximum atomic E-state index is 14.3. The number of ether oxygens (including phenoxy) is 1. The highest BCUT2D eigenvalue weighted by atomic mass is 35.5. The van der Waals surface area contributed by atoms with E-state index in [1.54, 1.807) is 29.2 Å². The number of carbonyl (C=O) groups is 1. The third-order valence-corrected chi connectivity index (χ3v) is 6.35. The number of nitrogens with one attached hydrogen (secondary N) is 1. The van der Waals surface area contributed by atoms with E-state index in [4.69, 9.17) is 28.6 Å². The number of carbonyl (C=O) groups excluding carboxylic acids is 1. The van der Waals surface area contributed by atoms with Crippen LogP contribution in [0.3, 0.4) is 0 Å². The normalized spacial score (nSPS) is 13.5. The number of hydrogen-bond acceptors (Lipinski definition) is 4. The maximum Gasteiger partial charge on any atom is 0.257 e. The van der Waals surface area contributed by atoms with Gasteiger partial charge < -0.3 is 14.5 Å². The summed E-state index contributed by atoms with van der Waals surface area (Å²) in [6, 6.07) is 16.2. The molecule has 0 unspecified atom stereocenters. The van der Waals surface area contributed by atoms with Gasteiger partial charge in [0.2, 0.25) is 0 Å². The minimum atomic E-state index is -1.65. The number of rotatable bonds is 5. The summed E-state index contributed by atoms with van der Waals surface area (Å²) in [5.74, 6) is -6.24. The predicted octanol–water partition coefficient (Wildman–Crippen LogP) is 5.31. The summed E-state index contributed by atoms with van der Waals surface area (Å²) >= 11 is 10.6. The molecule has 1 fully saturated rings. The van der Waals surface area contributed by atoms with Crippen molar-refractivity contribution < 1.29 is 27.1 Å². The quantitative estimate of drug-likeness (QED) is 0.207. The van der Waals surface area contributed by atoms with Crippen LogP contribution in [0.5, 0.6) is 5.75 Å². The van der Waals surface area contributed by atoms with Crippen molar-refractivity contribution in [3.05, 3.63) is 94.0 Å². The summed E-state index contributed by atoms with van der Waals surface area (Å²) in [6.07, 6.45) is 0. The first kappa shape index (κ1) is 25.7. The summed E-state index contributed by atoms with van der Waals surface area (Å²) < 4.78 is 61.8. The topological polar surface area (TPSA) is 44.8 Å². The zero-order valence-electron chi connectivity index (χ0n) is 18.7. The van der Waals surface area contributed by atoms with Gasteiger partial charge in [-0.05, 0) is 42.0 Å². The average Bonchev–Trinajstić information content (AvgIpc) is 2.91. The van der Waals surface area contributed by atoms with E-state index in [9.17, 15) is 22.4 Å². The number of benzene rings is 3. The van der Waals surface area contributed by atoms with Crippen molar-refractivity contribution in [3.63, 3.8) is 0 Å². The van der Waals surface area contributed by atoms with Crippen molar-refractivity contribution in [2.75, 3.05) is 31.1 Å². The Labute approximate surface area is 215 Å². The van der Waals surface area contributed by atoms with Crippen LogP contribution in [0.15, 0.2) is 54.6 Å². The Bertz CT molecular complexity index is 1240. The monoisotopic (exact) mass is 537 g/mol. The Balaban J connectivity index is 1.31. The molecule has 1 saturated heterocycles. The Morgan fingerprint density at radius 1 is 0.889 bits per heavy atom. The number of nitrogens with zero attached hydrogens (tertiary/aromatic N) is 2. The van der Waals surface area contributed by atoms with Gasteiger partial charge in [0.05, 0.1) is 0 Å². The molecule has 3 aromatic rings. The first-order chi connectivity index (χ1) is 17.3. The van der Waals surface area contributed by atoms with E-state index in [1.807, 2.05) is 30.3 Å². The second kappa shape index (κ2) is 11.1. The molecule has 0 atom stereocenters. The number of thiocarbonyl (C=S) groups is 1. The molecule has 1 amide bonds. The zero-order chi connectivity index (χ0) is 25.8. The molecule has 36 heavy (non-hydrogen) atoms. The molecule has 11 heteroatoms. The standard InChI is InChI=1S/C25H20ClF4N3O2S/c26-18-19(27)21(29)23(22(30)20(18)28)32-10-12-33(13-11-32)25(36)31-24(34)16-6-8-17(9-7-16)35-14-15-4-2-1-3-5-15/h1-9H,10-14H2,(H,31,34,36). The van der Waals surface area contributed by atoms with Crippen molar-refractivity contribution in [2.45, 2.75) is 6.61 Å². The molecule has 0 aliphatic carbocycles. The number of amides is 1. The molecule has 0 aromatic heterocycles. The molecule has 0 saturated carbocycles. The lowest BCUT2D eigenvalue weighted by atomic mass is 10.2. The molecule has 0 radical (unpaired) electrons. The van der Waals surface area contributed by atoms with E-state index in [1.165, 1.54) is 4.90 Å². The summed E-state index contributed by atoms with van der Waals surface area (Å²) in [4.78, 5) is 15.4. The van der Waals surface area contributed by atoms with Crippen LogP contribution >= 0.6 is 23.8 Å². The van der Waals surface area contributed by atoms with Gasteiger partial charge in [0.25, 0.3) is 5.91 Å². The largest absolute Gasteiger partial charge is 0.489 e. The Hall–Kier alpha value is -3.37. The third-order valence-electron chi connectivity index (χ3n) is 5.66. The van der Waals surface area contributed by atoms with Crippen LogP contribution in [0.25, 0.3) is 0 Å². The minimum absolute atomic E-state index is 0.0117. The Morgan fingerprint density at radius 3 is 2.06 bits per heavy atom. The summed E-state index contributed by atoms with van der Waals surface area (Å²) in [7, 11) is 0. The van der Waals surface area contributed by atoms with Crippen molar-refractivity contribution >= 4 is 40.5 Å². The minimum Gasteiger partial charge on any atom is -0.489 e. The van der Waals surface area contributed by atoms with Gasteiger partial charge in [-0.15, -0.1) is 0 Å². The zero-order valence-corrected chi connectivity index (χ0v) is 20.3. The van der Waals surface area contributed by atoms with Crippen LogP contribution < -0.4 is 15.0 Å². The van der Waals surface area contributed by atoms with Gasteiger partial charge in [0.1, 0.15) is 23.1 Å². The molecule has 1 heterocycles. The summed E-state index contributed by atoms with van der Waals surface area (Å²) in [6.45, 7) is 0.743. The van der Waals surface area contributed by atoms with Crippen LogP contribution in [0, 0.1) is 23.3 Å². The van der Waals surface area contributed by atoms with Crippen molar-refractivity contribution in [2.24, 2.45) is 0 Å². The van der Waals surface area contributed by atoms with Crippen LogP contribution in [0.1, 0.15) is 15.9 Å². The molecule has 188 valence electrons. The molecule has 3 aromatic carbocycles. The van der Waals surface area contributed by atoms with Gasteiger partial charge in [0.15, 0.2) is 28.4 Å². The van der Waals surface area contributed by atoms with Crippen molar-refractivity contribution in [1.82, 2.24) is 10.2 Å². The van der Waals surface area contributed by atoms with E-state index < -0.39 is 39.9 Å². The molecular formula is C25H20ClF4N3O2S. The number of hydrogen-bond donors (Lipinski definition) is 1. The molecule has 1 N–H and O–H groups in total. The van der Waals surface area contributed by atoms with E-state index in [2.05, 4.69) is 5.32 Å². The third kappa shape index (κ3) is 5.55. The molecule has 1 aliphatic heterocycles. The Morgan fingerprint density at radius 2 is 1.47 bits per heavy atom. The molecule has 4 rings (SSSR count). The van der Waals surface area contributed by atoms with Gasteiger partial charge >= 0.3 is 0 Å². The fraction of sp³-hybridized carbons (Fsp3) is 0.200. The van der Waals surface area contributed by atoms with E-state index in [0.29, 0.717) is 17.9 Å². The molecule has 0 bridgehead atoms. The van der Waals surface area contributed by atoms with Crippen molar-refractivity contribution in [3.8, 4) is 5.75 Å². The van der Waals surface area contributed by atoms with Gasteiger partial charge in [-0.1, -0.05) is 41.9 Å². The lowest BCUT2D eigenvalue weighted by Gasteiger charge is -2.37. The first-order valence-corrected chi connectivity index (χ1v) is 11.7. The molecule has 0 spiro atoms. The van der Waals surface area contributed by atoms with Gasteiger partial charge in [-0.3, -0.25) is 10.1 Å². The van der Waals surface area contributed by atoms with Crippen LogP contribution in [-0.4, -0.2) is 42.1 Å². The smallest absolute Gasteiger partial charge is 0.257 e. The lowest BCUT2D eigenvalue weighted by molar-refractivity contribution is 0.0973. The second-order valence-corrected chi connectivity index (χ2v) is 8.72. The van der Waals surface area contributed by atoms with E-state index in [-0.39, 0.29) is 31.3 Å². The van der Waals surface area contributed by atoms with Gasteiger partial charge in [-0.25, -0.2) is 17.6 Å². The number of halogens is 5. The highest BCUT2D eigenvalue weighted by Crippen LogP contribution is 2.33. The fourth-order valence-corrected chi connectivity index (χ4v) is 4.14. The lowest BCUT2D eigenvalue weighted by Crippen LogP contribution is -2.53. The van der Waals surface area contributed by atoms with Crippen LogP contribution in [0.4, 0.5) is 23.2 Å². The highest BCUT2D eigenvalue weighted by molar-refractivity contribution is 7.80. The highest BCUT2D eigenvalue weighted by Gasteiger charge is 2.30. The van der Waals surface area contributed by atoms with E-state index >= 15 is 0 Å². The molecule has 1 aliphatic rings. The molecular weight excluding hydrogens is 518 g/mol. The van der Waals surface area contributed by atoms with Gasteiger partial charge in [-0.2, -0.15) is 0 Å². The average molecular weight is 538 g/mol. The Kier molecular flexibility index (Phi) is 7.95. The SMILES string of the molecule is O=C(NC(=S)N1CCN(c2c(F)c(F)c(Cl)c(F)c2F)CC1)c1ccc(OCc2ccccc2)cc1. The first-order valence-electron chi connectivity index (χ1n) is 10.9. The summed E-state index contributed by atoms with van der Waals surface area (Å²) in [5.41, 5.74) is 0.555. The predicted molar refractivity (Wildman–Crippen MR) is 132 cm³/mol. The van der Waals surface area contributed by atoms with Crippen molar-refractivity contribution in [1.29, 1.82) is 0 Å². The van der Waals surface area contributed by atoms with E-state index in [0.717, 1.165) is 5.56 Å². The molecule has 5 nitrogen and oxygen atoms in total.